The van der Waals surface area contributed by atoms with Gasteiger partial charge in [-0.3, -0.25) is 4.79 Å². The van der Waals surface area contributed by atoms with Crippen molar-refractivity contribution in [2.75, 3.05) is 19.7 Å². The van der Waals surface area contributed by atoms with Crippen LogP contribution in [-0.2, 0) is 4.79 Å². The van der Waals surface area contributed by atoms with Crippen LogP contribution < -0.4 is 15.4 Å². The maximum absolute atomic E-state index is 12.3. The Bertz CT molecular complexity index is 634. The quantitative estimate of drug-likeness (QED) is 0.768. The van der Waals surface area contributed by atoms with E-state index in [4.69, 9.17) is 10.00 Å². The average molecular weight is 329 g/mol. The van der Waals surface area contributed by atoms with E-state index in [1.54, 1.807) is 18.2 Å². The smallest absolute Gasteiger partial charge is 0.223 e. The van der Waals surface area contributed by atoms with E-state index in [9.17, 15) is 4.79 Å². The Labute approximate surface area is 144 Å². The minimum atomic E-state index is -0.442. The second-order valence-corrected chi connectivity index (χ2v) is 7.16. The first-order valence-electron chi connectivity index (χ1n) is 8.52. The van der Waals surface area contributed by atoms with Crippen LogP contribution >= 0.6 is 0 Å². The van der Waals surface area contributed by atoms with E-state index in [0.29, 0.717) is 18.1 Å². The number of nitrogens with zero attached hydrogens (tertiary/aromatic N) is 1. The van der Waals surface area contributed by atoms with Crippen LogP contribution in [0.3, 0.4) is 0 Å². The Morgan fingerprint density at radius 2 is 2.21 bits per heavy atom. The van der Waals surface area contributed by atoms with Crippen LogP contribution in [-0.4, -0.2) is 31.1 Å². The number of ether oxygens (including phenoxy) is 1. The van der Waals surface area contributed by atoms with E-state index in [1.807, 2.05) is 20.8 Å². The first kappa shape index (κ1) is 18.3. The summed E-state index contributed by atoms with van der Waals surface area (Å²) in [4.78, 5) is 12.3. The Kier molecular flexibility index (Phi) is 5.84. The predicted molar refractivity (Wildman–Crippen MR) is 93.8 cm³/mol. The molecular weight excluding hydrogens is 302 g/mol. The highest BCUT2D eigenvalue weighted by Gasteiger charge is 2.43. The fourth-order valence-electron chi connectivity index (χ4n) is 2.73. The van der Waals surface area contributed by atoms with Gasteiger partial charge in [0.05, 0.1) is 17.2 Å². The molecule has 0 heterocycles. The lowest BCUT2D eigenvalue weighted by Gasteiger charge is -2.27. The molecule has 5 heteroatoms. The molecule has 0 radical (unpaired) electrons. The van der Waals surface area contributed by atoms with Crippen LogP contribution in [0.5, 0.6) is 5.75 Å². The summed E-state index contributed by atoms with van der Waals surface area (Å²) in [5.41, 5.74) is 1.10. The van der Waals surface area contributed by atoms with Crippen molar-refractivity contribution in [3.8, 4) is 11.8 Å². The van der Waals surface area contributed by atoms with Gasteiger partial charge in [0.25, 0.3) is 0 Å². The van der Waals surface area contributed by atoms with Crippen molar-refractivity contribution in [2.45, 2.75) is 39.7 Å². The molecule has 1 aliphatic rings. The van der Waals surface area contributed by atoms with Crippen molar-refractivity contribution in [2.24, 2.45) is 11.8 Å². The van der Waals surface area contributed by atoms with Crippen molar-refractivity contribution in [3.63, 3.8) is 0 Å². The third-order valence-electron chi connectivity index (χ3n) is 4.27. The summed E-state index contributed by atoms with van der Waals surface area (Å²) in [6, 6.07) is 7.46. The van der Waals surface area contributed by atoms with E-state index in [-0.39, 0.29) is 11.8 Å². The van der Waals surface area contributed by atoms with Crippen molar-refractivity contribution in [1.29, 1.82) is 5.26 Å². The summed E-state index contributed by atoms with van der Waals surface area (Å²) in [5, 5.41) is 15.3. The Morgan fingerprint density at radius 3 is 2.83 bits per heavy atom. The van der Waals surface area contributed by atoms with E-state index >= 15 is 0 Å². The lowest BCUT2D eigenvalue weighted by Crippen LogP contribution is -2.48. The summed E-state index contributed by atoms with van der Waals surface area (Å²) in [7, 11) is 0. The van der Waals surface area contributed by atoms with Crippen LogP contribution in [0, 0.1) is 30.1 Å². The molecule has 0 spiro atoms. The zero-order chi connectivity index (χ0) is 17.7. The molecule has 1 fully saturated rings. The zero-order valence-corrected chi connectivity index (χ0v) is 15.0. The van der Waals surface area contributed by atoms with Crippen molar-refractivity contribution in [3.05, 3.63) is 29.3 Å². The summed E-state index contributed by atoms with van der Waals surface area (Å²) < 4.78 is 5.86. The number of hydrogen-bond donors (Lipinski definition) is 2. The second-order valence-electron chi connectivity index (χ2n) is 7.16. The van der Waals surface area contributed by atoms with E-state index < -0.39 is 5.54 Å². The van der Waals surface area contributed by atoms with Gasteiger partial charge in [-0.15, -0.1) is 0 Å². The maximum Gasteiger partial charge on any atom is 0.223 e. The van der Waals surface area contributed by atoms with Crippen LogP contribution in [0.2, 0.25) is 0 Å². The normalized spacial score (nSPS) is 19.5. The number of carbonyl (C=O) groups is 1. The van der Waals surface area contributed by atoms with Gasteiger partial charge < -0.3 is 15.4 Å². The minimum absolute atomic E-state index is 0.114. The topological polar surface area (TPSA) is 74.2 Å². The highest BCUT2D eigenvalue weighted by Crippen LogP contribution is 2.38. The summed E-state index contributed by atoms with van der Waals surface area (Å²) >= 11 is 0. The molecule has 130 valence electrons. The van der Waals surface area contributed by atoms with Gasteiger partial charge >= 0.3 is 0 Å². The largest absolute Gasteiger partial charge is 0.491 e. The Hall–Kier alpha value is -2.06. The number of rotatable bonds is 8. The fourth-order valence-corrected chi connectivity index (χ4v) is 2.73. The number of amides is 1. The second kappa shape index (κ2) is 7.67. The zero-order valence-electron chi connectivity index (χ0n) is 15.0. The first-order valence-corrected chi connectivity index (χ1v) is 8.52. The summed E-state index contributed by atoms with van der Waals surface area (Å²) in [6.07, 6.45) is 0.963. The molecule has 0 saturated heterocycles. The maximum atomic E-state index is 12.3. The predicted octanol–water partition coefficient (Wildman–Crippen LogP) is 2.39. The van der Waals surface area contributed by atoms with Crippen LogP contribution in [0.25, 0.3) is 0 Å². The number of benzene rings is 1. The van der Waals surface area contributed by atoms with Gasteiger partial charge in [-0.1, -0.05) is 6.92 Å². The van der Waals surface area contributed by atoms with Gasteiger partial charge in [-0.25, -0.2) is 0 Å². The van der Waals surface area contributed by atoms with Gasteiger partial charge in [0.2, 0.25) is 5.91 Å². The number of carbonyl (C=O) groups excluding carboxylic acids is 1. The van der Waals surface area contributed by atoms with Crippen molar-refractivity contribution < 1.29 is 9.53 Å². The summed E-state index contributed by atoms with van der Waals surface area (Å²) in [6.45, 7) is 10.2. The molecular formula is C19H27N3O2. The SMILES string of the molecule is CCNC[C@H]1C[C@@H]1C(=O)NC(C)(C)COc1ccc(C#N)cc1C. The molecule has 1 saturated carbocycles. The van der Waals surface area contributed by atoms with E-state index in [1.165, 1.54) is 0 Å². The molecule has 0 bridgehead atoms. The average Bonchev–Trinajstić information content (AvgIpc) is 3.31. The number of aryl methyl sites for hydroxylation is 1. The van der Waals surface area contributed by atoms with Gasteiger partial charge in [-0.2, -0.15) is 5.26 Å². The van der Waals surface area contributed by atoms with Crippen LogP contribution in [0.4, 0.5) is 0 Å². The molecule has 2 rings (SSSR count). The lowest BCUT2D eigenvalue weighted by molar-refractivity contribution is -0.124. The van der Waals surface area contributed by atoms with E-state index in [0.717, 1.165) is 30.8 Å². The van der Waals surface area contributed by atoms with Gasteiger partial charge in [0.1, 0.15) is 12.4 Å². The highest BCUT2D eigenvalue weighted by molar-refractivity contribution is 5.82. The van der Waals surface area contributed by atoms with Crippen LogP contribution in [0.1, 0.15) is 38.3 Å². The third kappa shape index (κ3) is 4.97. The van der Waals surface area contributed by atoms with Gasteiger partial charge in [-0.05, 0) is 70.0 Å². The van der Waals surface area contributed by atoms with E-state index in [2.05, 4.69) is 23.6 Å². The van der Waals surface area contributed by atoms with Gasteiger partial charge in [0.15, 0.2) is 0 Å². The summed E-state index contributed by atoms with van der Waals surface area (Å²) in [5.74, 6) is 1.44. The number of nitrogens with one attached hydrogen (secondary N) is 2. The molecule has 1 aromatic rings. The minimum Gasteiger partial charge on any atom is -0.491 e. The lowest BCUT2D eigenvalue weighted by atomic mass is 10.1. The molecule has 1 amide bonds. The fraction of sp³-hybridized carbons (Fsp3) is 0.579. The molecule has 0 unspecified atom stereocenters. The number of hydrogen-bond acceptors (Lipinski definition) is 4. The standard InChI is InChI=1S/C19H27N3O2/c1-5-21-11-15-9-16(15)18(23)22-19(3,4)12-24-17-7-6-14(10-20)8-13(17)2/h6-8,15-16,21H,5,9,11-12H2,1-4H3,(H,22,23)/t15-,16+/m1/s1. The molecule has 1 aromatic carbocycles. The Balaban J connectivity index is 1.83. The molecule has 0 aromatic heterocycles. The monoisotopic (exact) mass is 329 g/mol. The molecule has 1 aliphatic carbocycles. The Morgan fingerprint density at radius 1 is 1.46 bits per heavy atom. The van der Waals surface area contributed by atoms with Crippen molar-refractivity contribution >= 4 is 5.91 Å². The van der Waals surface area contributed by atoms with Gasteiger partial charge in [0, 0.05) is 5.92 Å². The first-order chi connectivity index (χ1) is 11.4. The molecule has 0 aliphatic heterocycles. The molecule has 2 atom stereocenters. The molecule has 2 N–H and O–H groups in total. The third-order valence-corrected chi connectivity index (χ3v) is 4.27. The van der Waals surface area contributed by atoms with Crippen LogP contribution in [0.15, 0.2) is 18.2 Å². The highest BCUT2D eigenvalue weighted by atomic mass is 16.5. The van der Waals surface area contributed by atoms with Crippen molar-refractivity contribution in [1.82, 2.24) is 10.6 Å². The molecule has 24 heavy (non-hydrogen) atoms. The molecule has 5 nitrogen and oxygen atoms in total. The number of nitriles is 1.